The van der Waals surface area contributed by atoms with Crippen LogP contribution in [-0.2, 0) is 9.53 Å². The number of hydrogen-bond acceptors (Lipinski definition) is 5. The molecule has 1 heterocycles. The molecule has 0 saturated heterocycles. The number of halogens is 1. The minimum atomic E-state index is -0.479. The van der Waals surface area contributed by atoms with Gasteiger partial charge in [-0.1, -0.05) is 41.4 Å². The van der Waals surface area contributed by atoms with Crippen molar-refractivity contribution in [3.8, 4) is 11.5 Å². The van der Waals surface area contributed by atoms with Crippen LogP contribution in [0.1, 0.15) is 30.9 Å². The van der Waals surface area contributed by atoms with Crippen LogP contribution in [0.5, 0.6) is 11.5 Å². The molecule has 0 saturated carbocycles. The van der Waals surface area contributed by atoms with Crippen molar-refractivity contribution in [1.82, 2.24) is 0 Å². The molecular formula is C21H20BrNO4. The van der Waals surface area contributed by atoms with Crippen LogP contribution < -0.4 is 9.47 Å². The maximum atomic E-state index is 12.2. The molecule has 140 valence electrons. The Hall–Kier alpha value is -2.60. The summed E-state index contributed by atoms with van der Waals surface area (Å²) in [4.78, 5) is 16.5. The van der Waals surface area contributed by atoms with E-state index in [-0.39, 0.29) is 5.70 Å². The van der Waals surface area contributed by atoms with Crippen LogP contribution in [-0.4, -0.2) is 25.6 Å². The first-order chi connectivity index (χ1) is 13.1. The summed E-state index contributed by atoms with van der Waals surface area (Å²) in [6.07, 6.45) is 3.71. The maximum Gasteiger partial charge on any atom is 0.363 e. The van der Waals surface area contributed by atoms with Crippen LogP contribution in [0.15, 0.2) is 57.6 Å². The van der Waals surface area contributed by atoms with E-state index in [9.17, 15) is 4.79 Å². The molecule has 0 atom stereocenters. The average Bonchev–Trinajstić information content (AvgIpc) is 3.03. The van der Waals surface area contributed by atoms with Gasteiger partial charge in [0, 0.05) is 10.0 Å². The summed E-state index contributed by atoms with van der Waals surface area (Å²) in [7, 11) is 1.59. The van der Waals surface area contributed by atoms with Crippen molar-refractivity contribution in [2.24, 2.45) is 4.99 Å². The van der Waals surface area contributed by atoms with Crippen molar-refractivity contribution >= 4 is 33.9 Å². The smallest absolute Gasteiger partial charge is 0.363 e. The molecule has 0 spiro atoms. The molecule has 5 nitrogen and oxygen atoms in total. The highest BCUT2D eigenvalue weighted by molar-refractivity contribution is 9.10. The molecule has 1 aliphatic rings. The Kier molecular flexibility index (Phi) is 6.29. The summed E-state index contributed by atoms with van der Waals surface area (Å²) >= 11 is 3.40. The number of methoxy groups -OCH3 is 1. The summed E-state index contributed by atoms with van der Waals surface area (Å²) in [6.45, 7) is 2.75. The third-order valence-electron chi connectivity index (χ3n) is 3.94. The fourth-order valence-electron chi connectivity index (χ4n) is 2.53. The normalized spacial score (nSPS) is 14.9. The van der Waals surface area contributed by atoms with Crippen LogP contribution in [0.3, 0.4) is 0 Å². The van der Waals surface area contributed by atoms with Gasteiger partial charge >= 0.3 is 5.97 Å². The van der Waals surface area contributed by atoms with Gasteiger partial charge in [0.1, 0.15) is 0 Å². The number of carbonyl (C=O) groups excluding carboxylic acids is 1. The molecule has 3 rings (SSSR count). The van der Waals surface area contributed by atoms with E-state index in [0.29, 0.717) is 24.0 Å². The number of cyclic esters (lactones) is 1. The Balaban J connectivity index is 1.84. The lowest BCUT2D eigenvalue weighted by molar-refractivity contribution is -0.129. The highest BCUT2D eigenvalue weighted by Gasteiger charge is 2.24. The number of ether oxygens (including phenoxy) is 3. The number of hydrogen-bond donors (Lipinski definition) is 0. The molecule has 0 radical (unpaired) electrons. The van der Waals surface area contributed by atoms with E-state index in [0.717, 1.165) is 28.4 Å². The van der Waals surface area contributed by atoms with Crippen LogP contribution >= 0.6 is 15.9 Å². The number of aliphatic imine (C=N–C) groups is 1. The molecule has 27 heavy (non-hydrogen) atoms. The molecule has 0 unspecified atom stereocenters. The molecular weight excluding hydrogens is 410 g/mol. The van der Waals surface area contributed by atoms with Gasteiger partial charge in [0.05, 0.1) is 13.7 Å². The minimum absolute atomic E-state index is 0.242. The number of carbonyl (C=O) groups is 1. The molecule has 0 N–H and O–H groups in total. The van der Waals surface area contributed by atoms with Crippen molar-refractivity contribution < 1.29 is 19.0 Å². The van der Waals surface area contributed by atoms with Crippen molar-refractivity contribution in [1.29, 1.82) is 0 Å². The lowest BCUT2D eigenvalue weighted by Crippen LogP contribution is -2.05. The second-order valence-electron chi connectivity index (χ2n) is 5.96. The number of esters is 1. The van der Waals surface area contributed by atoms with E-state index in [1.54, 1.807) is 13.2 Å². The summed E-state index contributed by atoms with van der Waals surface area (Å²) < 4.78 is 17.3. The summed E-state index contributed by atoms with van der Waals surface area (Å²) in [5.74, 6) is 1.11. The zero-order valence-electron chi connectivity index (χ0n) is 15.2. The summed E-state index contributed by atoms with van der Waals surface area (Å²) in [5.41, 5.74) is 1.76. The first kappa shape index (κ1) is 19.2. The molecule has 6 heteroatoms. The zero-order valence-corrected chi connectivity index (χ0v) is 16.8. The Morgan fingerprint density at radius 1 is 1.19 bits per heavy atom. The van der Waals surface area contributed by atoms with E-state index < -0.39 is 5.97 Å². The van der Waals surface area contributed by atoms with E-state index in [4.69, 9.17) is 14.2 Å². The first-order valence-electron chi connectivity index (χ1n) is 8.70. The van der Waals surface area contributed by atoms with E-state index >= 15 is 0 Å². The SMILES string of the molecule is CCCCOc1ccc(C=C2N=C(c3cccc(Br)c3)OC2=O)cc1OC. The number of rotatable bonds is 7. The van der Waals surface area contributed by atoms with Crippen molar-refractivity contribution in [3.63, 3.8) is 0 Å². The highest BCUT2D eigenvalue weighted by atomic mass is 79.9. The largest absolute Gasteiger partial charge is 0.493 e. The molecule has 0 amide bonds. The first-order valence-corrected chi connectivity index (χ1v) is 9.49. The minimum Gasteiger partial charge on any atom is -0.493 e. The molecule has 0 aliphatic carbocycles. The Morgan fingerprint density at radius 3 is 2.78 bits per heavy atom. The monoisotopic (exact) mass is 429 g/mol. The van der Waals surface area contributed by atoms with Gasteiger partial charge in [0.25, 0.3) is 0 Å². The number of nitrogens with zero attached hydrogens (tertiary/aromatic N) is 1. The van der Waals surface area contributed by atoms with Gasteiger partial charge in [-0.15, -0.1) is 0 Å². The zero-order chi connectivity index (χ0) is 19.2. The topological polar surface area (TPSA) is 57.1 Å². The molecule has 2 aromatic carbocycles. The second kappa shape index (κ2) is 8.86. The molecule has 0 bridgehead atoms. The molecule has 2 aromatic rings. The standard InChI is InChI=1S/C21H20BrNO4/c1-3-4-10-26-18-9-8-14(12-19(18)25-2)11-17-21(24)27-20(23-17)15-6-5-7-16(22)13-15/h5-9,11-13H,3-4,10H2,1-2H3. The van der Waals surface area contributed by atoms with E-state index in [1.807, 2.05) is 42.5 Å². The van der Waals surface area contributed by atoms with Crippen molar-refractivity contribution in [2.75, 3.05) is 13.7 Å². The average molecular weight is 430 g/mol. The lowest BCUT2D eigenvalue weighted by atomic mass is 10.1. The number of benzene rings is 2. The van der Waals surface area contributed by atoms with Gasteiger partial charge in [0.15, 0.2) is 17.2 Å². The van der Waals surface area contributed by atoms with Crippen molar-refractivity contribution in [2.45, 2.75) is 19.8 Å². The molecule has 0 fully saturated rings. The second-order valence-corrected chi connectivity index (χ2v) is 6.87. The van der Waals surface area contributed by atoms with Gasteiger partial charge < -0.3 is 14.2 Å². The third kappa shape index (κ3) is 4.77. The highest BCUT2D eigenvalue weighted by Crippen LogP contribution is 2.30. The fourth-order valence-corrected chi connectivity index (χ4v) is 2.93. The predicted octanol–water partition coefficient (Wildman–Crippen LogP) is 4.98. The van der Waals surface area contributed by atoms with Crippen LogP contribution in [0, 0.1) is 0 Å². The summed E-state index contributed by atoms with van der Waals surface area (Å²) in [6, 6.07) is 12.9. The quantitative estimate of drug-likeness (QED) is 0.353. The third-order valence-corrected chi connectivity index (χ3v) is 4.43. The van der Waals surface area contributed by atoms with E-state index in [1.165, 1.54) is 0 Å². The molecule has 0 aromatic heterocycles. The number of unbranched alkanes of at least 4 members (excludes halogenated alkanes) is 1. The van der Waals surface area contributed by atoms with Gasteiger partial charge in [-0.25, -0.2) is 9.79 Å². The predicted molar refractivity (Wildman–Crippen MR) is 108 cm³/mol. The van der Waals surface area contributed by atoms with Gasteiger partial charge in [-0.2, -0.15) is 0 Å². The Bertz CT molecular complexity index is 905. The van der Waals surface area contributed by atoms with Crippen LogP contribution in [0.25, 0.3) is 6.08 Å². The van der Waals surface area contributed by atoms with E-state index in [2.05, 4.69) is 27.8 Å². The van der Waals surface area contributed by atoms with Gasteiger partial charge in [-0.3, -0.25) is 0 Å². The lowest BCUT2D eigenvalue weighted by Gasteiger charge is -2.10. The fraction of sp³-hybridized carbons (Fsp3) is 0.238. The Morgan fingerprint density at radius 2 is 2.04 bits per heavy atom. The molecule has 1 aliphatic heterocycles. The van der Waals surface area contributed by atoms with Crippen LogP contribution in [0.4, 0.5) is 0 Å². The van der Waals surface area contributed by atoms with Gasteiger partial charge in [0.2, 0.25) is 5.90 Å². The summed E-state index contributed by atoms with van der Waals surface area (Å²) in [5, 5.41) is 0. The maximum absolute atomic E-state index is 12.2. The van der Waals surface area contributed by atoms with Crippen LogP contribution in [0.2, 0.25) is 0 Å². The van der Waals surface area contributed by atoms with Gasteiger partial charge in [-0.05, 0) is 48.4 Å². The van der Waals surface area contributed by atoms with Crippen molar-refractivity contribution in [3.05, 3.63) is 63.8 Å². The Labute approximate surface area is 166 Å².